The number of fused-ring (bicyclic) bond motifs is 2. The van der Waals surface area contributed by atoms with Crippen LogP contribution in [0.25, 0.3) is 0 Å². The fourth-order valence-corrected chi connectivity index (χ4v) is 5.03. The molecule has 1 heterocycles. The summed E-state index contributed by atoms with van der Waals surface area (Å²) in [4.78, 5) is 14.8. The summed E-state index contributed by atoms with van der Waals surface area (Å²) in [6.07, 6.45) is 8.70. The molecule has 1 aliphatic heterocycles. The molecule has 5 unspecified atom stereocenters. The predicted molar refractivity (Wildman–Crippen MR) is 81.4 cm³/mol. The van der Waals surface area contributed by atoms with Gasteiger partial charge in [-0.05, 0) is 56.4 Å². The smallest absolute Gasteiger partial charge is 0.222 e. The normalized spacial score (nSPS) is 40.3. The van der Waals surface area contributed by atoms with Crippen molar-refractivity contribution in [1.29, 1.82) is 0 Å². The van der Waals surface area contributed by atoms with Gasteiger partial charge in [-0.3, -0.25) is 4.79 Å². The fourth-order valence-electron chi connectivity index (χ4n) is 5.03. The first kappa shape index (κ1) is 14.4. The molecule has 0 aromatic carbocycles. The molecule has 20 heavy (non-hydrogen) atoms. The Hall–Kier alpha value is -0.570. The van der Waals surface area contributed by atoms with Crippen molar-refractivity contribution in [2.24, 2.45) is 23.7 Å². The first-order valence-corrected chi connectivity index (χ1v) is 8.66. The topological polar surface area (TPSA) is 32.3 Å². The molecule has 3 rings (SSSR count). The molecule has 114 valence electrons. The highest BCUT2D eigenvalue weighted by molar-refractivity contribution is 5.76. The van der Waals surface area contributed by atoms with Crippen LogP contribution in [0.5, 0.6) is 0 Å². The molecule has 3 nitrogen and oxygen atoms in total. The van der Waals surface area contributed by atoms with Crippen molar-refractivity contribution in [2.75, 3.05) is 20.1 Å². The first-order valence-electron chi connectivity index (χ1n) is 8.66. The summed E-state index contributed by atoms with van der Waals surface area (Å²) in [5.74, 6) is 3.62. The average Bonchev–Trinajstić information content (AvgIpc) is 3.09. The van der Waals surface area contributed by atoms with Crippen molar-refractivity contribution in [3.05, 3.63) is 0 Å². The van der Waals surface area contributed by atoms with Gasteiger partial charge >= 0.3 is 0 Å². The molecule has 5 atom stereocenters. The maximum absolute atomic E-state index is 12.6. The van der Waals surface area contributed by atoms with Crippen molar-refractivity contribution in [2.45, 2.75) is 57.9 Å². The number of nitrogens with one attached hydrogen (secondary N) is 1. The van der Waals surface area contributed by atoms with Crippen LogP contribution < -0.4 is 5.32 Å². The van der Waals surface area contributed by atoms with Gasteiger partial charge in [-0.15, -0.1) is 0 Å². The van der Waals surface area contributed by atoms with Crippen LogP contribution in [0.3, 0.4) is 0 Å². The summed E-state index contributed by atoms with van der Waals surface area (Å²) in [6, 6.07) is 0.603. The van der Waals surface area contributed by atoms with E-state index in [0.717, 1.165) is 37.8 Å². The summed E-state index contributed by atoms with van der Waals surface area (Å²) >= 11 is 0. The van der Waals surface area contributed by atoms with Gasteiger partial charge in [-0.25, -0.2) is 0 Å². The number of piperidine rings is 1. The quantitative estimate of drug-likeness (QED) is 0.857. The van der Waals surface area contributed by atoms with Gasteiger partial charge in [0.05, 0.1) is 0 Å². The van der Waals surface area contributed by atoms with Crippen LogP contribution in [0.2, 0.25) is 0 Å². The van der Waals surface area contributed by atoms with Crippen LogP contribution in [0.1, 0.15) is 51.9 Å². The van der Waals surface area contributed by atoms with E-state index in [4.69, 9.17) is 0 Å². The van der Waals surface area contributed by atoms with Crippen LogP contribution in [0.15, 0.2) is 0 Å². The van der Waals surface area contributed by atoms with Gasteiger partial charge in [0.15, 0.2) is 0 Å². The summed E-state index contributed by atoms with van der Waals surface area (Å²) in [7, 11) is 2.06. The van der Waals surface area contributed by atoms with Crippen molar-refractivity contribution < 1.29 is 4.79 Å². The second-order valence-corrected chi connectivity index (χ2v) is 7.33. The molecule has 2 aliphatic carbocycles. The second-order valence-electron chi connectivity index (χ2n) is 7.33. The van der Waals surface area contributed by atoms with E-state index in [9.17, 15) is 4.79 Å². The Morgan fingerprint density at radius 3 is 2.65 bits per heavy atom. The predicted octanol–water partition coefficient (Wildman–Crippen LogP) is 2.66. The third kappa shape index (κ3) is 2.74. The van der Waals surface area contributed by atoms with Gasteiger partial charge in [0, 0.05) is 25.6 Å². The molecular weight excluding hydrogens is 248 g/mol. The van der Waals surface area contributed by atoms with Crippen LogP contribution in [-0.2, 0) is 4.79 Å². The zero-order chi connectivity index (χ0) is 14.1. The van der Waals surface area contributed by atoms with E-state index in [0.29, 0.717) is 23.8 Å². The van der Waals surface area contributed by atoms with Crippen LogP contribution in [0.4, 0.5) is 0 Å². The average molecular weight is 278 g/mol. The highest BCUT2D eigenvalue weighted by atomic mass is 16.2. The zero-order valence-electron chi connectivity index (χ0n) is 13.1. The van der Waals surface area contributed by atoms with Gasteiger partial charge in [-0.2, -0.15) is 0 Å². The lowest BCUT2D eigenvalue weighted by atomic mass is 9.85. The third-order valence-corrected chi connectivity index (χ3v) is 6.30. The molecule has 3 aliphatic rings. The lowest BCUT2D eigenvalue weighted by Gasteiger charge is -2.39. The Bertz CT molecular complexity index is 357. The number of carbonyl (C=O) groups is 1. The van der Waals surface area contributed by atoms with Gasteiger partial charge in [0.25, 0.3) is 0 Å². The minimum atomic E-state index is 0.440. The van der Waals surface area contributed by atoms with Gasteiger partial charge in [0.2, 0.25) is 5.91 Å². The Labute approximate surface area is 123 Å². The number of amides is 1. The van der Waals surface area contributed by atoms with Gasteiger partial charge in [-0.1, -0.05) is 19.8 Å². The standard InChI is InChI=1S/C17H30N2O/c1-3-13-11-19(7-6-16(13)18-2)17(20)10-15-9-12-4-5-14(15)8-12/h12-16,18H,3-11H2,1-2H3. The Morgan fingerprint density at radius 1 is 1.20 bits per heavy atom. The van der Waals surface area contributed by atoms with Crippen LogP contribution in [-0.4, -0.2) is 37.0 Å². The minimum absolute atomic E-state index is 0.440. The Kier molecular flexibility index (Phi) is 4.34. The number of hydrogen-bond acceptors (Lipinski definition) is 2. The van der Waals surface area contributed by atoms with Crippen LogP contribution in [0, 0.1) is 23.7 Å². The SMILES string of the molecule is CCC1CN(C(=O)CC2CC3CCC2C3)CCC1NC. The number of hydrogen-bond donors (Lipinski definition) is 1. The van der Waals surface area contributed by atoms with Gasteiger partial charge in [0.1, 0.15) is 0 Å². The fraction of sp³-hybridized carbons (Fsp3) is 0.941. The number of rotatable bonds is 4. The molecule has 3 fully saturated rings. The molecular formula is C17H30N2O. The van der Waals surface area contributed by atoms with E-state index in [1.807, 2.05) is 0 Å². The molecule has 0 spiro atoms. The lowest BCUT2D eigenvalue weighted by Crippen LogP contribution is -2.50. The van der Waals surface area contributed by atoms with E-state index in [1.54, 1.807) is 0 Å². The van der Waals surface area contributed by atoms with Crippen molar-refractivity contribution in [3.63, 3.8) is 0 Å². The zero-order valence-corrected chi connectivity index (χ0v) is 13.1. The highest BCUT2D eigenvalue weighted by Gasteiger charge is 2.41. The largest absolute Gasteiger partial charge is 0.342 e. The molecule has 2 saturated carbocycles. The van der Waals surface area contributed by atoms with Crippen molar-refractivity contribution in [1.82, 2.24) is 10.2 Å². The maximum Gasteiger partial charge on any atom is 0.222 e. The molecule has 3 heteroatoms. The van der Waals surface area contributed by atoms with Crippen LogP contribution >= 0.6 is 0 Å². The summed E-state index contributed by atoms with van der Waals surface area (Å²) in [6.45, 7) is 4.18. The summed E-state index contributed by atoms with van der Waals surface area (Å²) in [5, 5.41) is 3.42. The van der Waals surface area contributed by atoms with E-state index in [2.05, 4.69) is 24.2 Å². The van der Waals surface area contributed by atoms with Gasteiger partial charge < -0.3 is 10.2 Å². The molecule has 0 radical (unpaired) electrons. The molecule has 1 amide bonds. The van der Waals surface area contributed by atoms with Crippen molar-refractivity contribution in [3.8, 4) is 0 Å². The van der Waals surface area contributed by atoms with Crippen molar-refractivity contribution >= 4 is 5.91 Å². The minimum Gasteiger partial charge on any atom is -0.342 e. The number of nitrogens with zero attached hydrogens (tertiary/aromatic N) is 1. The third-order valence-electron chi connectivity index (χ3n) is 6.30. The number of likely N-dealkylation sites (tertiary alicyclic amines) is 1. The Balaban J connectivity index is 1.52. The number of carbonyl (C=O) groups excluding carboxylic acids is 1. The van der Waals surface area contributed by atoms with E-state index >= 15 is 0 Å². The van der Waals surface area contributed by atoms with E-state index in [1.165, 1.54) is 32.1 Å². The summed E-state index contributed by atoms with van der Waals surface area (Å²) < 4.78 is 0. The highest BCUT2D eigenvalue weighted by Crippen LogP contribution is 2.49. The lowest BCUT2D eigenvalue weighted by molar-refractivity contribution is -0.134. The molecule has 2 bridgehead atoms. The van der Waals surface area contributed by atoms with E-state index < -0.39 is 0 Å². The Morgan fingerprint density at radius 2 is 2.05 bits per heavy atom. The second kappa shape index (κ2) is 6.05. The molecule has 0 aromatic rings. The first-order chi connectivity index (χ1) is 9.71. The maximum atomic E-state index is 12.6. The molecule has 1 N–H and O–H groups in total. The molecule has 0 aromatic heterocycles. The molecule has 1 saturated heterocycles. The monoisotopic (exact) mass is 278 g/mol. The summed E-state index contributed by atoms with van der Waals surface area (Å²) in [5.41, 5.74) is 0. The van der Waals surface area contributed by atoms with E-state index in [-0.39, 0.29) is 0 Å².